The van der Waals surface area contributed by atoms with Crippen LogP contribution >= 0.6 is 0 Å². The topological polar surface area (TPSA) is 94.3 Å². The molecular weight excluding hydrogens is 370 g/mol. The minimum atomic E-state index is -0.901. The zero-order chi connectivity index (χ0) is 20.9. The molecule has 3 rings (SSSR count). The summed E-state index contributed by atoms with van der Waals surface area (Å²) in [5.41, 5.74) is 1.22. The second kappa shape index (κ2) is 9.20. The maximum Gasteiger partial charge on any atom is 0.331 e. The molecule has 1 aliphatic rings. The maximum atomic E-state index is 12.5. The van der Waals surface area contributed by atoms with Crippen LogP contribution in [0.2, 0.25) is 0 Å². The number of benzene rings is 1. The van der Waals surface area contributed by atoms with Gasteiger partial charge in [-0.25, -0.2) is 4.79 Å². The summed E-state index contributed by atoms with van der Waals surface area (Å²) >= 11 is 0. The zero-order valence-corrected chi connectivity index (χ0v) is 17.4. The lowest BCUT2D eigenvalue weighted by atomic mass is 9.81. The van der Waals surface area contributed by atoms with Gasteiger partial charge in [-0.15, -0.1) is 0 Å². The summed E-state index contributed by atoms with van der Waals surface area (Å²) in [6.07, 6.45) is 4.59. The monoisotopic (exact) mass is 399 g/mol. The fraction of sp³-hybridized carbons (Fsp3) is 0.545. The number of nitrogens with one attached hydrogen (secondary N) is 1. The first kappa shape index (κ1) is 21.0. The van der Waals surface area contributed by atoms with Crippen LogP contribution in [0, 0.1) is 0 Å². The number of ether oxygens (including phenoxy) is 1. The van der Waals surface area contributed by atoms with Gasteiger partial charge in [0.1, 0.15) is 5.54 Å². The Labute approximate surface area is 171 Å². The van der Waals surface area contributed by atoms with Crippen molar-refractivity contribution in [1.82, 2.24) is 15.5 Å². The van der Waals surface area contributed by atoms with Crippen LogP contribution in [-0.2, 0) is 20.7 Å². The largest absolute Gasteiger partial charge is 0.467 e. The Morgan fingerprint density at radius 1 is 1.17 bits per heavy atom. The number of aromatic nitrogens is 2. The number of hydrogen-bond donors (Lipinski definition) is 1. The van der Waals surface area contributed by atoms with Gasteiger partial charge in [-0.2, -0.15) is 4.98 Å². The van der Waals surface area contributed by atoms with Crippen molar-refractivity contribution in [3.8, 4) is 11.4 Å². The van der Waals surface area contributed by atoms with E-state index in [1.54, 1.807) is 0 Å². The number of methoxy groups -OCH3 is 1. The SMILES string of the molecule is COC(=O)C1(NC(=O)CCc2nc(-c3ccc(C(C)C)cc3)no2)CCCCC1. The Morgan fingerprint density at radius 3 is 2.48 bits per heavy atom. The fourth-order valence-corrected chi connectivity index (χ4v) is 3.77. The van der Waals surface area contributed by atoms with E-state index >= 15 is 0 Å². The highest BCUT2D eigenvalue weighted by Crippen LogP contribution is 2.29. The number of amides is 1. The average molecular weight is 399 g/mol. The smallest absolute Gasteiger partial charge is 0.331 e. The van der Waals surface area contributed by atoms with E-state index in [9.17, 15) is 9.59 Å². The van der Waals surface area contributed by atoms with Gasteiger partial charge in [0, 0.05) is 18.4 Å². The Bertz CT molecular complexity index is 836. The van der Waals surface area contributed by atoms with Crippen molar-refractivity contribution >= 4 is 11.9 Å². The number of nitrogens with zero attached hydrogens (tertiary/aromatic N) is 2. The van der Waals surface area contributed by atoms with Gasteiger partial charge in [0.25, 0.3) is 0 Å². The normalized spacial score (nSPS) is 15.9. The average Bonchev–Trinajstić information content (AvgIpc) is 3.21. The molecule has 1 aliphatic carbocycles. The van der Waals surface area contributed by atoms with E-state index < -0.39 is 5.54 Å². The Morgan fingerprint density at radius 2 is 1.86 bits per heavy atom. The number of carbonyl (C=O) groups is 2. The van der Waals surface area contributed by atoms with Gasteiger partial charge in [-0.1, -0.05) is 62.5 Å². The van der Waals surface area contributed by atoms with Crippen molar-refractivity contribution in [3.05, 3.63) is 35.7 Å². The third kappa shape index (κ3) is 5.02. The van der Waals surface area contributed by atoms with Crippen LogP contribution in [0.4, 0.5) is 0 Å². The lowest BCUT2D eigenvalue weighted by Crippen LogP contribution is -2.56. The fourth-order valence-electron chi connectivity index (χ4n) is 3.77. The number of aryl methyl sites for hydroxylation is 1. The Hall–Kier alpha value is -2.70. The van der Waals surface area contributed by atoms with Crippen LogP contribution in [0.15, 0.2) is 28.8 Å². The lowest BCUT2D eigenvalue weighted by molar-refractivity contribution is -0.152. The van der Waals surface area contributed by atoms with Crippen molar-refractivity contribution in [1.29, 1.82) is 0 Å². The summed E-state index contributed by atoms with van der Waals surface area (Å²) in [6, 6.07) is 8.06. The van der Waals surface area contributed by atoms with E-state index in [1.165, 1.54) is 12.7 Å². The maximum absolute atomic E-state index is 12.5. The third-order valence-electron chi connectivity index (χ3n) is 5.53. The zero-order valence-electron chi connectivity index (χ0n) is 17.4. The summed E-state index contributed by atoms with van der Waals surface area (Å²) in [5.74, 6) is 0.794. The van der Waals surface area contributed by atoms with E-state index in [1.807, 2.05) is 12.1 Å². The molecule has 0 atom stereocenters. The second-order valence-corrected chi connectivity index (χ2v) is 7.97. The molecule has 0 unspecified atom stereocenters. The molecule has 0 radical (unpaired) electrons. The third-order valence-corrected chi connectivity index (χ3v) is 5.53. The summed E-state index contributed by atoms with van der Waals surface area (Å²) in [6.45, 7) is 4.29. The molecule has 29 heavy (non-hydrogen) atoms. The molecule has 0 saturated heterocycles. The molecule has 0 bridgehead atoms. The van der Waals surface area contributed by atoms with Crippen LogP contribution < -0.4 is 5.32 Å². The standard InChI is InChI=1S/C22H29N3O4/c1-15(2)16-7-9-17(10-8-16)20-23-19(29-25-20)12-11-18(26)24-22(21(27)28-3)13-5-4-6-14-22/h7-10,15H,4-6,11-14H2,1-3H3,(H,24,26). The quantitative estimate of drug-likeness (QED) is 0.712. The van der Waals surface area contributed by atoms with Crippen LogP contribution in [0.3, 0.4) is 0 Å². The van der Waals surface area contributed by atoms with Gasteiger partial charge in [0.15, 0.2) is 0 Å². The van der Waals surface area contributed by atoms with E-state index in [0.29, 0.717) is 36.9 Å². The minimum absolute atomic E-state index is 0.173. The highest BCUT2D eigenvalue weighted by Gasteiger charge is 2.41. The van der Waals surface area contributed by atoms with Gasteiger partial charge in [0.2, 0.25) is 17.6 Å². The van der Waals surface area contributed by atoms with E-state index in [2.05, 4.69) is 41.4 Å². The first-order chi connectivity index (χ1) is 13.9. The van der Waals surface area contributed by atoms with Crippen LogP contribution in [0.1, 0.15) is 69.7 Å². The van der Waals surface area contributed by atoms with Gasteiger partial charge >= 0.3 is 5.97 Å². The first-order valence-corrected chi connectivity index (χ1v) is 10.3. The predicted molar refractivity (Wildman–Crippen MR) is 108 cm³/mol. The molecular formula is C22H29N3O4. The lowest BCUT2D eigenvalue weighted by Gasteiger charge is -2.35. The minimum Gasteiger partial charge on any atom is -0.467 e. The molecule has 1 fully saturated rings. The summed E-state index contributed by atoms with van der Waals surface area (Å²) < 4.78 is 10.2. The van der Waals surface area contributed by atoms with Crippen molar-refractivity contribution in [2.45, 2.75) is 70.3 Å². The van der Waals surface area contributed by atoms with Crippen molar-refractivity contribution < 1.29 is 18.8 Å². The second-order valence-electron chi connectivity index (χ2n) is 7.97. The number of hydrogen-bond acceptors (Lipinski definition) is 6. The first-order valence-electron chi connectivity index (χ1n) is 10.3. The molecule has 156 valence electrons. The molecule has 1 aromatic carbocycles. The van der Waals surface area contributed by atoms with E-state index in [0.717, 1.165) is 24.8 Å². The Kier molecular flexibility index (Phi) is 6.67. The molecule has 0 spiro atoms. The number of rotatable bonds is 7. The van der Waals surface area contributed by atoms with Crippen molar-refractivity contribution in [2.24, 2.45) is 0 Å². The van der Waals surface area contributed by atoms with Crippen LogP contribution in [-0.4, -0.2) is 34.7 Å². The highest BCUT2D eigenvalue weighted by atomic mass is 16.5. The molecule has 2 aromatic rings. The van der Waals surface area contributed by atoms with Gasteiger partial charge in [-0.05, 0) is 24.3 Å². The van der Waals surface area contributed by atoms with Crippen molar-refractivity contribution in [3.63, 3.8) is 0 Å². The van der Waals surface area contributed by atoms with Crippen LogP contribution in [0.25, 0.3) is 11.4 Å². The van der Waals surface area contributed by atoms with Crippen molar-refractivity contribution in [2.75, 3.05) is 7.11 Å². The molecule has 1 heterocycles. The predicted octanol–water partition coefficient (Wildman–Crippen LogP) is 3.78. The molecule has 0 aliphatic heterocycles. The summed E-state index contributed by atoms with van der Waals surface area (Å²) in [7, 11) is 1.36. The van der Waals surface area contributed by atoms with Gasteiger partial charge in [-0.3, -0.25) is 4.79 Å². The summed E-state index contributed by atoms with van der Waals surface area (Å²) in [5, 5.41) is 6.92. The van der Waals surface area contributed by atoms with Gasteiger partial charge in [0.05, 0.1) is 7.11 Å². The van der Waals surface area contributed by atoms with E-state index in [4.69, 9.17) is 9.26 Å². The molecule has 7 nitrogen and oxygen atoms in total. The molecule has 1 saturated carbocycles. The van der Waals surface area contributed by atoms with E-state index in [-0.39, 0.29) is 18.3 Å². The molecule has 1 amide bonds. The Balaban J connectivity index is 1.58. The molecule has 1 N–H and O–H groups in total. The molecule has 1 aromatic heterocycles. The van der Waals surface area contributed by atoms with Gasteiger partial charge < -0.3 is 14.6 Å². The number of esters is 1. The molecule has 7 heteroatoms. The van der Waals surface area contributed by atoms with Crippen LogP contribution in [0.5, 0.6) is 0 Å². The highest BCUT2D eigenvalue weighted by molar-refractivity contribution is 5.88. The summed E-state index contributed by atoms with van der Waals surface area (Å²) in [4.78, 5) is 29.1. The number of carbonyl (C=O) groups excluding carboxylic acids is 2.